The summed E-state index contributed by atoms with van der Waals surface area (Å²) in [5.41, 5.74) is 0. The summed E-state index contributed by atoms with van der Waals surface area (Å²) in [5, 5.41) is 0. The van der Waals surface area contributed by atoms with E-state index in [1.807, 2.05) is 0 Å². The molecule has 0 aromatic carbocycles. The average molecular weight is 94.6 g/mol. The summed E-state index contributed by atoms with van der Waals surface area (Å²) >= 11 is 4.64. The Balaban J connectivity index is 0. The SMILES string of the molecule is CCC.CCl. The summed E-state index contributed by atoms with van der Waals surface area (Å²) in [7, 11) is 0. The number of hydrogen-bond donors (Lipinski definition) is 0. The first-order valence-electron chi connectivity index (χ1n) is 1.79. The Hall–Kier alpha value is 0.290. The van der Waals surface area contributed by atoms with Crippen LogP contribution in [0.5, 0.6) is 0 Å². The van der Waals surface area contributed by atoms with Crippen LogP contribution in [0.3, 0.4) is 0 Å². The van der Waals surface area contributed by atoms with Crippen LogP contribution in [0.15, 0.2) is 0 Å². The fraction of sp³-hybridized carbons (Fsp3) is 1.00. The minimum Gasteiger partial charge on any atom is -0.130 e. The average Bonchev–Trinajstić information content (AvgIpc) is 1.46. The highest BCUT2D eigenvalue weighted by Crippen LogP contribution is 1.56. The molecule has 0 saturated heterocycles. The van der Waals surface area contributed by atoms with E-state index in [1.54, 1.807) is 0 Å². The van der Waals surface area contributed by atoms with Crippen LogP contribution in [-0.2, 0) is 0 Å². The van der Waals surface area contributed by atoms with Gasteiger partial charge in [0.2, 0.25) is 0 Å². The molecule has 0 rings (SSSR count). The van der Waals surface area contributed by atoms with Gasteiger partial charge in [-0.05, 0) is 0 Å². The van der Waals surface area contributed by atoms with Gasteiger partial charge in [-0.3, -0.25) is 0 Å². The standard InChI is InChI=1S/C3H8.CH3Cl/c1-3-2;1-2/h3H2,1-2H3;1H3. The molecule has 0 atom stereocenters. The van der Waals surface area contributed by atoms with Gasteiger partial charge in [0.25, 0.3) is 0 Å². The molecule has 5 heavy (non-hydrogen) atoms. The van der Waals surface area contributed by atoms with Crippen molar-refractivity contribution in [1.29, 1.82) is 0 Å². The lowest BCUT2D eigenvalue weighted by atomic mass is 10.6. The summed E-state index contributed by atoms with van der Waals surface area (Å²) in [6.45, 7) is 4.25. The molecule has 0 bridgehead atoms. The van der Waals surface area contributed by atoms with E-state index in [1.165, 1.54) is 12.8 Å². The van der Waals surface area contributed by atoms with Gasteiger partial charge in [-0.2, -0.15) is 0 Å². The molecule has 0 aromatic heterocycles. The van der Waals surface area contributed by atoms with Crippen molar-refractivity contribution in [2.24, 2.45) is 0 Å². The van der Waals surface area contributed by atoms with Crippen molar-refractivity contribution in [1.82, 2.24) is 0 Å². The van der Waals surface area contributed by atoms with Gasteiger partial charge in [0, 0.05) is 6.38 Å². The van der Waals surface area contributed by atoms with Gasteiger partial charge < -0.3 is 0 Å². The van der Waals surface area contributed by atoms with Crippen molar-refractivity contribution in [3.63, 3.8) is 0 Å². The van der Waals surface area contributed by atoms with Gasteiger partial charge in [0.15, 0.2) is 0 Å². The highest BCUT2D eigenvalue weighted by Gasteiger charge is 1.35. The van der Waals surface area contributed by atoms with Gasteiger partial charge in [-0.15, -0.1) is 11.6 Å². The zero-order chi connectivity index (χ0) is 4.71. The summed E-state index contributed by atoms with van der Waals surface area (Å²) in [5.74, 6) is 0. The first kappa shape index (κ1) is 8.99. The van der Waals surface area contributed by atoms with Crippen LogP contribution in [0.4, 0.5) is 0 Å². The lowest BCUT2D eigenvalue weighted by molar-refractivity contribution is 1.09. The Kier molecular flexibility index (Phi) is 50.2. The Labute approximate surface area is 39.1 Å². The van der Waals surface area contributed by atoms with Crippen LogP contribution in [0.1, 0.15) is 20.3 Å². The van der Waals surface area contributed by atoms with Gasteiger partial charge in [0.1, 0.15) is 0 Å². The van der Waals surface area contributed by atoms with Gasteiger partial charge in [-0.1, -0.05) is 20.3 Å². The maximum Gasteiger partial charge on any atom is 0.0108 e. The first-order valence-corrected chi connectivity index (χ1v) is 2.55. The number of alkyl halides is 1. The minimum absolute atomic E-state index is 1.25. The molecule has 0 saturated carbocycles. The molecular formula is C4H11Cl. The molecule has 0 N–H and O–H groups in total. The number of hydrogen-bond acceptors (Lipinski definition) is 0. The molecule has 34 valence electrons. The summed E-state index contributed by atoms with van der Waals surface area (Å²) < 4.78 is 0. The molecule has 0 aromatic rings. The van der Waals surface area contributed by atoms with Crippen LogP contribution < -0.4 is 0 Å². The van der Waals surface area contributed by atoms with Crippen molar-refractivity contribution in [3.05, 3.63) is 0 Å². The van der Waals surface area contributed by atoms with Crippen LogP contribution in [-0.4, -0.2) is 6.38 Å². The summed E-state index contributed by atoms with van der Waals surface area (Å²) in [6.07, 6.45) is 2.72. The third-order valence-corrected chi connectivity index (χ3v) is 0. The monoisotopic (exact) mass is 94.1 g/mol. The van der Waals surface area contributed by atoms with Crippen molar-refractivity contribution < 1.29 is 0 Å². The molecule has 0 radical (unpaired) electrons. The van der Waals surface area contributed by atoms with E-state index in [-0.39, 0.29) is 0 Å². The van der Waals surface area contributed by atoms with Crippen molar-refractivity contribution in [2.75, 3.05) is 6.38 Å². The van der Waals surface area contributed by atoms with E-state index in [2.05, 4.69) is 25.4 Å². The Morgan fingerprint density at radius 3 is 1.20 bits per heavy atom. The van der Waals surface area contributed by atoms with Crippen molar-refractivity contribution in [2.45, 2.75) is 20.3 Å². The maximum atomic E-state index is 4.64. The topological polar surface area (TPSA) is 0 Å². The van der Waals surface area contributed by atoms with Gasteiger partial charge in [-0.25, -0.2) is 0 Å². The van der Waals surface area contributed by atoms with Crippen molar-refractivity contribution >= 4 is 11.6 Å². The zero-order valence-corrected chi connectivity index (χ0v) is 4.84. The predicted octanol–water partition coefficient (Wildman–Crippen LogP) is 2.27. The molecule has 0 nitrogen and oxygen atoms in total. The molecule has 0 heterocycles. The second kappa shape index (κ2) is 27.9. The quantitative estimate of drug-likeness (QED) is 0.404. The van der Waals surface area contributed by atoms with Gasteiger partial charge >= 0.3 is 0 Å². The highest BCUT2D eigenvalue weighted by atomic mass is 35.5. The second-order valence-electron chi connectivity index (χ2n) is 0.707. The highest BCUT2D eigenvalue weighted by molar-refractivity contribution is 6.15. The Bertz CT molecular complexity index is 3.61. The predicted molar refractivity (Wildman–Crippen MR) is 27.7 cm³/mol. The number of rotatable bonds is 0. The van der Waals surface area contributed by atoms with Crippen LogP contribution in [0.25, 0.3) is 0 Å². The van der Waals surface area contributed by atoms with E-state index < -0.39 is 0 Å². The van der Waals surface area contributed by atoms with E-state index in [0.29, 0.717) is 0 Å². The second-order valence-corrected chi connectivity index (χ2v) is 0.707. The lowest BCUT2D eigenvalue weighted by Gasteiger charge is -1.48. The van der Waals surface area contributed by atoms with Gasteiger partial charge in [0.05, 0.1) is 0 Å². The Morgan fingerprint density at radius 2 is 1.20 bits per heavy atom. The first-order chi connectivity index (χ1) is 2.41. The number of halogens is 1. The smallest absolute Gasteiger partial charge is 0.0108 e. The van der Waals surface area contributed by atoms with E-state index in [0.717, 1.165) is 0 Å². The fourth-order valence-corrected chi connectivity index (χ4v) is 0. The fourth-order valence-electron chi connectivity index (χ4n) is 0. The minimum atomic E-state index is 1.25. The summed E-state index contributed by atoms with van der Waals surface area (Å²) in [6, 6.07) is 0. The molecule has 0 fully saturated rings. The molecule has 0 amide bonds. The summed E-state index contributed by atoms with van der Waals surface area (Å²) in [4.78, 5) is 0. The van der Waals surface area contributed by atoms with Crippen LogP contribution in [0.2, 0.25) is 0 Å². The van der Waals surface area contributed by atoms with E-state index >= 15 is 0 Å². The molecule has 0 aliphatic carbocycles. The molecule has 1 heteroatoms. The molecule has 0 unspecified atom stereocenters. The normalized spacial score (nSPS) is 4.80. The largest absolute Gasteiger partial charge is 0.130 e. The lowest BCUT2D eigenvalue weighted by Crippen LogP contribution is -1.27. The third-order valence-electron chi connectivity index (χ3n) is 0. The zero-order valence-electron chi connectivity index (χ0n) is 4.09. The molecule has 0 spiro atoms. The van der Waals surface area contributed by atoms with Crippen LogP contribution >= 0.6 is 11.6 Å². The molecule has 0 aliphatic rings. The Morgan fingerprint density at radius 1 is 1.20 bits per heavy atom. The van der Waals surface area contributed by atoms with E-state index in [4.69, 9.17) is 0 Å². The van der Waals surface area contributed by atoms with Crippen molar-refractivity contribution in [3.8, 4) is 0 Å². The maximum absolute atomic E-state index is 4.64. The van der Waals surface area contributed by atoms with Crippen LogP contribution in [0, 0.1) is 0 Å². The molecule has 0 aliphatic heterocycles. The molecular weight excluding hydrogens is 83.5 g/mol. The van der Waals surface area contributed by atoms with E-state index in [9.17, 15) is 0 Å². The third kappa shape index (κ3) is 268.